The summed E-state index contributed by atoms with van der Waals surface area (Å²) in [6, 6.07) is 34.8. The number of halogens is 6. The molecule has 0 spiro atoms. The Bertz CT molecular complexity index is 5340. The summed E-state index contributed by atoms with van der Waals surface area (Å²) < 4.78 is 70.0. The van der Waals surface area contributed by atoms with Crippen LogP contribution in [-0.2, 0) is 0 Å². The number of hydrogen-bond acceptors (Lipinski definition) is 21. The second-order valence-electron chi connectivity index (χ2n) is 29.5. The average molecular weight is 1760 g/mol. The first kappa shape index (κ1) is 76.8. The van der Waals surface area contributed by atoms with Crippen molar-refractivity contribution >= 4 is 71.4 Å². The first-order valence-electron chi connectivity index (χ1n) is 37.8. The minimum absolute atomic E-state index is 0.0256. The predicted octanol–water partition coefficient (Wildman–Crippen LogP) is 12.7. The number of nitrogens with zero attached hydrogens (tertiary/aromatic N) is 20. The summed E-state index contributed by atoms with van der Waals surface area (Å²) in [5.74, 6) is 2.28. The SMILES string of the molecule is Cc1ccc(C(=O)N2CC3CC(Oc4ccc(Br)cn4)C2C3)c(-n2nccn2)n1.O=C(c1ccc(F)cc1-n1nccn1)N1CC2CC(Oc3ccc(Br)cn3)C1C2.O=C(c1cccc(F)c1-c1ncccn1)N1CC2CC(Oc3ccccn3)C1C2.O=C(c1cccc(F)c1-n1nccn1)N1CC2CC(Oc3ccc(Br)cn3)C1C2. The van der Waals surface area contributed by atoms with Gasteiger partial charge in [0.05, 0.1) is 89.2 Å². The maximum Gasteiger partial charge on any atom is 0.258 e. The second-order valence-corrected chi connectivity index (χ2v) is 32.2. The number of ether oxygens (including phenoxy) is 4. The number of hydrogen-bond donors (Lipinski definition) is 0. The van der Waals surface area contributed by atoms with E-state index in [1.807, 2.05) is 82.3 Å². The summed E-state index contributed by atoms with van der Waals surface area (Å²) in [7, 11) is 0. The molecule has 8 aliphatic rings. The summed E-state index contributed by atoms with van der Waals surface area (Å²) >= 11 is 10.1. The number of amides is 4. The normalized spacial score (nSPS) is 22.8. The van der Waals surface area contributed by atoms with Gasteiger partial charge in [0.1, 0.15) is 47.4 Å². The summed E-state index contributed by atoms with van der Waals surface area (Å²) in [6.07, 6.45) is 25.7. The monoisotopic (exact) mass is 1760 g/mol. The zero-order valence-corrected chi connectivity index (χ0v) is 66.7. The van der Waals surface area contributed by atoms with Crippen LogP contribution in [0.1, 0.15) is 98.5 Å². The molecular formula is C82H72Br3F3N20O8. The van der Waals surface area contributed by atoms with E-state index < -0.39 is 17.5 Å². The molecule has 28 nitrogen and oxygen atoms in total. The number of aryl methyl sites for hydroxylation is 1. The fourth-order valence-corrected chi connectivity index (χ4v) is 17.9. The molecule has 590 valence electrons. The van der Waals surface area contributed by atoms with Gasteiger partial charge < -0.3 is 38.5 Å². The van der Waals surface area contributed by atoms with Crippen molar-refractivity contribution < 1.29 is 51.3 Å². The van der Waals surface area contributed by atoms with Crippen LogP contribution in [0, 0.1) is 48.0 Å². The van der Waals surface area contributed by atoms with Gasteiger partial charge in [-0.2, -0.15) is 35.4 Å². The van der Waals surface area contributed by atoms with Crippen LogP contribution in [0.5, 0.6) is 23.5 Å². The molecule has 4 aliphatic heterocycles. The van der Waals surface area contributed by atoms with Gasteiger partial charge in [0, 0.05) is 113 Å². The van der Waals surface area contributed by atoms with Crippen LogP contribution in [-0.4, -0.2) is 198 Å². The van der Waals surface area contributed by atoms with Crippen LogP contribution >= 0.6 is 47.8 Å². The smallest absolute Gasteiger partial charge is 0.258 e. The Kier molecular flexibility index (Phi) is 22.2. The lowest BCUT2D eigenvalue weighted by Gasteiger charge is -2.33. The van der Waals surface area contributed by atoms with Crippen molar-refractivity contribution in [3.8, 4) is 52.1 Å². The Hall–Kier alpha value is -11.8. The predicted molar refractivity (Wildman–Crippen MR) is 422 cm³/mol. The lowest BCUT2D eigenvalue weighted by molar-refractivity contribution is 0.0463. The van der Waals surface area contributed by atoms with Crippen molar-refractivity contribution in [1.29, 1.82) is 0 Å². The lowest BCUT2D eigenvalue weighted by atomic mass is 10.0. The quantitative estimate of drug-likeness (QED) is 0.0868. The van der Waals surface area contributed by atoms with Gasteiger partial charge in [-0.3, -0.25) is 19.2 Å². The molecule has 0 radical (unpaired) electrons. The average Bonchev–Trinajstić information content (AvgIpc) is 1.61. The maximum atomic E-state index is 14.7. The zero-order valence-electron chi connectivity index (χ0n) is 61.9. The van der Waals surface area contributed by atoms with Gasteiger partial charge in [-0.15, -0.1) is 9.59 Å². The fourth-order valence-electron chi connectivity index (χ4n) is 17.2. The molecule has 4 saturated carbocycles. The number of pyridine rings is 5. The molecule has 8 bridgehead atoms. The van der Waals surface area contributed by atoms with Gasteiger partial charge in [0.15, 0.2) is 17.5 Å². The Morgan fingerprint density at radius 2 is 0.793 bits per heavy atom. The Balaban J connectivity index is 0.000000111. The van der Waals surface area contributed by atoms with Crippen molar-refractivity contribution in [2.24, 2.45) is 23.7 Å². The molecule has 13 heterocycles. The number of carbonyl (C=O) groups is 4. The minimum atomic E-state index is -0.539. The molecule has 9 aromatic heterocycles. The van der Waals surface area contributed by atoms with Gasteiger partial charge in [-0.05, 0) is 209 Å². The van der Waals surface area contributed by atoms with Gasteiger partial charge >= 0.3 is 0 Å². The molecule has 20 rings (SSSR count). The number of carbonyl (C=O) groups excluding carboxylic acids is 4. The Labute approximate surface area is 687 Å². The standard InChI is InChI=1S/C22H19FN4O2.2C20H17BrFN5O2.C20H19BrN6O2/c23-16-6-3-5-15(20(16)21-25-9-4-10-26-21)22(28)27-13-14-11-17(27)18(12-14)29-19-7-1-2-8-24-19;21-13-1-4-19(23-10-13)29-18-8-12-7-17(18)26(11-12)20(28)15-3-2-14(22)9-16(15)27-24-5-6-25-27;21-13-4-5-18(23-10-13)29-17-9-12-8-16(17)26(11-12)20(28)14-2-1-3-15(22)19(14)27-24-6-7-25-27;1-12-2-4-15(19(25-12)27-23-6-7-24-27)20(28)26-11-13-8-16(26)17(9-13)29-18-5-3-14(21)10-22-18/h1-10,14,17-18H,11-13H2;1-6,9-10,12,17-18H,7-8,11H2;1-7,10,12,16-17H,8-9,11H2;2-7,10,13,16-17H,8-9,11H2,1H3. The van der Waals surface area contributed by atoms with Crippen LogP contribution in [0.15, 0.2) is 215 Å². The summed E-state index contributed by atoms with van der Waals surface area (Å²) in [5.41, 5.74) is 2.74. The molecule has 4 aliphatic carbocycles. The first-order valence-corrected chi connectivity index (χ1v) is 40.2. The number of aromatic nitrogens is 16. The molecule has 8 fully saturated rings. The highest BCUT2D eigenvalue weighted by Crippen LogP contribution is 2.46. The van der Waals surface area contributed by atoms with Crippen LogP contribution in [0.3, 0.4) is 0 Å². The Morgan fingerprint density at radius 3 is 1.25 bits per heavy atom. The molecule has 4 saturated heterocycles. The molecule has 0 N–H and O–H groups in total. The van der Waals surface area contributed by atoms with E-state index in [0.29, 0.717) is 89.5 Å². The molecule has 12 aromatic rings. The number of benzene rings is 3. The van der Waals surface area contributed by atoms with Crippen LogP contribution in [0.25, 0.3) is 28.6 Å². The summed E-state index contributed by atoms with van der Waals surface area (Å²) in [6.45, 7) is 4.57. The number of rotatable bonds is 16. The van der Waals surface area contributed by atoms with E-state index in [2.05, 4.69) is 113 Å². The second kappa shape index (κ2) is 33.6. The van der Waals surface area contributed by atoms with E-state index in [4.69, 9.17) is 18.9 Å². The molecule has 12 unspecified atom stereocenters. The van der Waals surface area contributed by atoms with Crippen molar-refractivity contribution in [3.05, 3.63) is 261 Å². The Morgan fingerprint density at radius 1 is 0.379 bits per heavy atom. The molecule has 4 amide bonds. The number of piperidine rings is 4. The highest BCUT2D eigenvalue weighted by atomic mass is 79.9. The highest BCUT2D eigenvalue weighted by molar-refractivity contribution is 9.11. The van der Waals surface area contributed by atoms with E-state index in [9.17, 15) is 32.3 Å². The topological polar surface area (TPSA) is 301 Å². The molecule has 34 heteroatoms. The third-order valence-electron chi connectivity index (χ3n) is 22.1. The molecule has 116 heavy (non-hydrogen) atoms. The van der Waals surface area contributed by atoms with E-state index >= 15 is 0 Å². The molecule has 3 aromatic carbocycles. The van der Waals surface area contributed by atoms with E-state index in [0.717, 1.165) is 81.8 Å². The molecule has 12 atom stereocenters. The number of fused-ring (bicyclic) bond motifs is 8. The van der Waals surface area contributed by atoms with E-state index in [1.165, 1.54) is 83.2 Å². The summed E-state index contributed by atoms with van der Waals surface area (Å²) in [4.78, 5) is 94.6. The van der Waals surface area contributed by atoms with E-state index in [-0.39, 0.29) is 100 Å². The van der Waals surface area contributed by atoms with Crippen molar-refractivity contribution in [2.75, 3.05) is 26.2 Å². The lowest BCUT2D eigenvalue weighted by Crippen LogP contribution is -2.47. The van der Waals surface area contributed by atoms with Crippen molar-refractivity contribution in [2.45, 2.75) is 107 Å². The minimum Gasteiger partial charge on any atom is -0.472 e. The van der Waals surface area contributed by atoms with Crippen LogP contribution in [0.4, 0.5) is 13.2 Å². The van der Waals surface area contributed by atoms with Gasteiger partial charge in [0.25, 0.3) is 23.6 Å². The first-order chi connectivity index (χ1) is 56.5. The number of para-hydroxylation sites is 1. The third kappa shape index (κ3) is 16.3. The van der Waals surface area contributed by atoms with Gasteiger partial charge in [-0.25, -0.2) is 48.1 Å². The van der Waals surface area contributed by atoms with Gasteiger partial charge in [-0.1, -0.05) is 18.2 Å². The zero-order chi connectivity index (χ0) is 79.7. The van der Waals surface area contributed by atoms with Crippen LogP contribution in [0.2, 0.25) is 0 Å². The third-order valence-corrected chi connectivity index (χ3v) is 23.5. The number of likely N-dealkylation sites (tertiary alicyclic amines) is 4. The largest absolute Gasteiger partial charge is 0.472 e. The van der Waals surface area contributed by atoms with Gasteiger partial charge in [0.2, 0.25) is 23.5 Å². The van der Waals surface area contributed by atoms with Crippen LogP contribution < -0.4 is 18.9 Å². The fraction of sp³-hybridized carbons (Fsp3) is 0.305. The molecular weight excluding hydrogens is 1690 g/mol. The van der Waals surface area contributed by atoms with E-state index in [1.54, 1.807) is 72.4 Å². The van der Waals surface area contributed by atoms with Crippen molar-refractivity contribution in [3.63, 3.8) is 0 Å². The highest BCUT2D eigenvalue weighted by Gasteiger charge is 2.53. The van der Waals surface area contributed by atoms with Crippen molar-refractivity contribution in [1.82, 2.24) is 99.5 Å². The maximum absolute atomic E-state index is 14.7. The summed E-state index contributed by atoms with van der Waals surface area (Å²) in [5, 5.41) is 24.4.